The van der Waals surface area contributed by atoms with E-state index in [9.17, 15) is 86.1 Å². The van der Waals surface area contributed by atoms with Crippen LogP contribution in [-0.4, -0.2) is 96.6 Å². The molecule has 0 aromatic heterocycles. The van der Waals surface area contributed by atoms with Crippen molar-refractivity contribution < 1.29 is 86.1 Å². The average molecular weight is 861 g/mol. The minimum Gasteiger partial charge on any atom is -0.810 e. The Balaban J connectivity index is -0.000000211. The van der Waals surface area contributed by atoms with E-state index in [-0.39, 0.29) is 55.4 Å². The van der Waals surface area contributed by atoms with Gasteiger partial charge in [-0.15, -0.1) is 0 Å². The summed E-state index contributed by atoms with van der Waals surface area (Å²) in [4.78, 5) is 135. The molecule has 0 amide bonds. The monoisotopic (exact) mass is 860 g/mol. The summed E-state index contributed by atoms with van der Waals surface area (Å²) in [6.07, 6.45) is -8.51. The molecule has 314 valence electrons. The number of hydrogen-bond donors (Lipinski definition) is 9. The lowest BCUT2D eigenvalue weighted by atomic mass is 10.4. The topological polar surface area (TPSA) is 721 Å². The fourth-order valence-electron chi connectivity index (χ4n) is 3.20. The van der Waals surface area contributed by atoms with Crippen molar-refractivity contribution in [2.75, 3.05) is 77.0 Å². The van der Waals surface area contributed by atoms with E-state index in [2.05, 4.69) is 0 Å². The van der Waals surface area contributed by atoms with Gasteiger partial charge in [0.05, 0.1) is 0 Å². The third-order valence-electron chi connectivity index (χ3n) is 4.44. The summed E-state index contributed by atoms with van der Waals surface area (Å²) in [6.45, 7) is -4.20. The largest absolute Gasteiger partial charge is 0.810 e. The Morgan fingerprint density at radius 1 is 0.245 bits per heavy atom. The SMILES string of the molecule is O=P([O-])([O-])CN(CCN(CCN(CP(=O)([O-])[O-])CP(=O)([O-])[O-])CP(=O)([O-])[O-])CCN(CP(=O)([O-])[O-])CP(=O)([O-])[O-].[NH4+].[NH4+].[NH4+].[NH4+].[NH4+].[NH4+].[NH4+].[NH4+].[NH4+]. The van der Waals surface area contributed by atoms with E-state index in [1.165, 1.54) is 0 Å². The van der Waals surface area contributed by atoms with E-state index in [0.29, 0.717) is 19.6 Å². The van der Waals surface area contributed by atoms with E-state index in [1.54, 1.807) is 0 Å². The molecule has 0 spiro atoms. The van der Waals surface area contributed by atoms with Gasteiger partial charge in [-0.3, -0.25) is 19.6 Å². The molecule has 0 fully saturated rings. The fourth-order valence-corrected chi connectivity index (χ4v) is 7.98. The molecule has 0 aliphatic rings. The van der Waals surface area contributed by atoms with Gasteiger partial charge in [-0.25, -0.2) is 0 Å². The van der Waals surface area contributed by atoms with Crippen LogP contribution >= 0.6 is 45.6 Å². The molecule has 0 rings (SSSR count). The minimum atomic E-state index is -5.42. The summed E-state index contributed by atoms with van der Waals surface area (Å²) in [5.74, 6) is 0. The van der Waals surface area contributed by atoms with Crippen LogP contribution in [-0.2, 0) is 27.4 Å². The van der Waals surface area contributed by atoms with Crippen molar-refractivity contribution in [1.29, 1.82) is 0 Å². The normalized spacial score (nSPS) is 12.0. The molecule has 0 radical (unpaired) electrons. The van der Waals surface area contributed by atoms with Crippen LogP contribution in [0.2, 0.25) is 0 Å². The predicted molar refractivity (Wildman–Crippen MR) is 165 cm³/mol. The van der Waals surface area contributed by atoms with Crippen molar-refractivity contribution in [3.8, 4) is 0 Å². The predicted octanol–water partition coefficient (Wildman–Crippen LogP) is -7.19. The molecule has 49 heavy (non-hydrogen) atoms. The van der Waals surface area contributed by atoms with E-state index >= 15 is 0 Å². The first-order valence-corrected chi connectivity index (χ1v) is 20.8. The highest BCUT2D eigenvalue weighted by molar-refractivity contribution is 7.50. The Kier molecular flexibility index (Phi) is 45.3. The molecule has 0 bridgehead atoms. The molecule has 0 unspecified atom stereocenters. The van der Waals surface area contributed by atoms with Crippen LogP contribution < -0.4 is 114 Å². The van der Waals surface area contributed by atoms with Crippen LogP contribution in [0.25, 0.3) is 0 Å². The Morgan fingerprint density at radius 3 is 0.469 bits per heavy atom. The van der Waals surface area contributed by atoms with Gasteiger partial charge in [0, 0.05) is 77.0 Å². The maximum absolute atomic E-state index is 11.3. The van der Waals surface area contributed by atoms with Crippen molar-refractivity contribution in [3.05, 3.63) is 0 Å². The van der Waals surface area contributed by atoms with Crippen LogP contribution in [0.4, 0.5) is 0 Å². The first kappa shape index (κ1) is 74.5. The van der Waals surface area contributed by atoms with Crippen molar-refractivity contribution in [1.82, 2.24) is 75.0 Å². The third kappa shape index (κ3) is 50.5. The lowest BCUT2D eigenvalue weighted by Crippen LogP contribution is -2.46. The van der Waals surface area contributed by atoms with Crippen molar-refractivity contribution in [2.45, 2.75) is 0 Å². The molecular formula is C12H60N13O18P6-3. The van der Waals surface area contributed by atoms with Crippen LogP contribution in [0.3, 0.4) is 0 Å². The lowest BCUT2D eigenvalue weighted by Gasteiger charge is -2.43. The van der Waals surface area contributed by atoms with Gasteiger partial charge in [0.1, 0.15) is 0 Å². The molecule has 0 aliphatic heterocycles. The molecule has 0 atom stereocenters. The number of nitrogens with zero attached hydrogens (tertiary/aromatic N) is 4. The van der Waals surface area contributed by atoms with E-state index in [1.807, 2.05) is 0 Å². The molecule has 0 heterocycles. The van der Waals surface area contributed by atoms with Gasteiger partial charge in [-0.1, -0.05) is 45.6 Å². The van der Waals surface area contributed by atoms with Crippen LogP contribution in [0.5, 0.6) is 0 Å². The molecule has 0 aromatic carbocycles. The van der Waals surface area contributed by atoms with Crippen LogP contribution in [0, 0.1) is 0 Å². The second-order valence-electron chi connectivity index (χ2n) is 8.54. The molecular weight excluding hydrogens is 800 g/mol. The number of rotatable bonds is 21. The van der Waals surface area contributed by atoms with E-state index in [4.69, 9.17) is 0 Å². The first-order chi connectivity index (χ1) is 17.5. The van der Waals surface area contributed by atoms with Gasteiger partial charge in [0.25, 0.3) is 0 Å². The maximum atomic E-state index is 11.3. The number of quaternary nitrogens is 9. The van der Waals surface area contributed by atoms with Gasteiger partial charge in [0.15, 0.2) is 0 Å². The molecule has 36 N–H and O–H groups in total. The Morgan fingerprint density at radius 2 is 0.347 bits per heavy atom. The average Bonchev–Trinajstić information content (AvgIpc) is 2.60. The highest BCUT2D eigenvalue weighted by Crippen LogP contribution is 2.32. The Bertz CT molecular complexity index is 963. The summed E-state index contributed by atoms with van der Waals surface area (Å²) in [7, 11) is -32.5. The van der Waals surface area contributed by atoms with Crippen LogP contribution in [0.15, 0.2) is 0 Å². The zero-order valence-corrected chi connectivity index (χ0v) is 34.7. The Hall–Kier alpha value is 0.380. The fraction of sp³-hybridized carbons (Fsp3) is 1.00. The summed E-state index contributed by atoms with van der Waals surface area (Å²) in [5.41, 5.74) is 0. The van der Waals surface area contributed by atoms with Gasteiger partial charge >= 0.3 is 0 Å². The highest BCUT2D eigenvalue weighted by Gasteiger charge is 2.17. The quantitative estimate of drug-likeness (QED) is 0.0484. The highest BCUT2D eigenvalue weighted by atomic mass is 31.2. The molecule has 0 saturated carbocycles. The zero-order valence-electron chi connectivity index (χ0n) is 29.3. The standard InChI is InChI=1S/C12H36N4O18P6.9H3N/c17-35(18,19)7-13(3-5-15(9-37(23,24)25)10-38(26,27)28)1-2-14(8-36(20,21)22)4-6-16(11-39(29,30)31)12-40(32,33)34;;;;;;;;;/h1-12H2,(H2,17,18,19)(H2,20,21,22)(H2,23,24,25)(H2,26,27,28)(H2,29,30,31)(H2,32,33,34);9*1H3/p-3. The van der Waals surface area contributed by atoms with E-state index < -0.39 is 123 Å². The molecule has 37 heteroatoms. The zero-order chi connectivity index (χ0) is 31.8. The molecule has 31 nitrogen and oxygen atoms in total. The molecule has 0 aromatic rings. The van der Waals surface area contributed by atoms with Crippen molar-refractivity contribution in [2.24, 2.45) is 0 Å². The summed E-state index contributed by atoms with van der Waals surface area (Å²) >= 11 is 0. The van der Waals surface area contributed by atoms with Gasteiger partial charge in [0.2, 0.25) is 0 Å². The smallest absolute Gasteiger partial charge is 0.0264 e. The second kappa shape index (κ2) is 29.8. The first-order valence-electron chi connectivity index (χ1n) is 10.5. The lowest BCUT2D eigenvalue weighted by molar-refractivity contribution is -0.321. The molecule has 0 saturated heterocycles. The van der Waals surface area contributed by atoms with Gasteiger partial charge in [-0.2, -0.15) is 0 Å². The minimum absolute atomic E-state index is 0. The van der Waals surface area contributed by atoms with Crippen LogP contribution in [0.1, 0.15) is 0 Å². The Labute approximate surface area is 283 Å². The van der Waals surface area contributed by atoms with Gasteiger partial charge < -0.3 is 141 Å². The van der Waals surface area contributed by atoms with Crippen molar-refractivity contribution >= 4 is 45.6 Å². The van der Waals surface area contributed by atoms with E-state index in [0.717, 1.165) is 0 Å². The third-order valence-corrected chi connectivity index (χ3v) is 8.92. The summed E-state index contributed by atoms with van der Waals surface area (Å²) in [5, 5.41) is 0. The summed E-state index contributed by atoms with van der Waals surface area (Å²) < 4.78 is 66.7. The molecule has 0 aliphatic carbocycles. The maximum Gasteiger partial charge on any atom is 0.0264 e. The number of hydrogen-bond acceptors (Lipinski definition) is 22. The van der Waals surface area contributed by atoms with Crippen molar-refractivity contribution in [3.63, 3.8) is 0 Å². The van der Waals surface area contributed by atoms with Gasteiger partial charge in [-0.05, 0) is 0 Å². The summed E-state index contributed by atoms with van der Waals surface area (Å²) in [6, 6.07) is 0. The second-order valence-corrected chi connectivity index (χ2v) is 17.6.